The summed E-state index contributed by atoms with van der Waals surface area (Å²) in [6.07, 6.45) is 7.11. The molecule has 0 aliphatic carbocycles. The fourth-order valence-electron chi connectivity index (χ4n) is 4.99. The van der Waals surface area contributed by atoms with Gasteiger partial charge in [0.2, 0.25) is 0 Å². The second-order valence-corrected chi connectivity index (χ2v) is 8.99. The summed E-state index contributed by atoms with van der Waals surface area (Å²) in [6.45, 7) is 4.80. The van der Waals surface area contributed by atoms with Crippen molar-refractivity contribution in [3.8, 4) is 0 Å². The number of nitrogens with two attached hydrogens (primary N) is 1. The highest BCUT2D eigenvalue weighted by molar-refractivity contribution is 6.01. The minimum atomic E-state index is -0.624. The number of Topliss-reactive ketones (excluding diaryl/α,β-unsaturated/α-hetero) is 1. The first-order chi connectivity index (χ1) is 15.4. The molecule has 2 aromatic rings. The van der Waals surface area contributed by atoms with Gasteiger partial charge in [-0.2, -0.15) is 0 Å². The van der Waals surface area contributed by atoms with Crippen LogP contribution < -0.4 is 17.0 Å². The average Bonchev–Trinajstić information content (AvgIpc) is 3.04. The molecule has 0 spiro atoms. The lowest BCUT2D eigenvalue weighted by atomic mass is 9.96. The maximum absolute atomic E-state index is 13.2. The number of hydrogen-bond donors (Lipinski definition) is 1. The van der Waals surface area contributed by atoms with Gasteiger partial charge in [0, 0.05) is 39.0 Å². The smallest absolute Gasteiger partial charge is 0.332 e. The van der Waals surface area contributed by atoms with E-state index in [9.17, 15) is 14.4 Å². The van der Waals surface area contributed by atoms with Crippen LogP contribution in [-0.2, 0) is 26.6 Å². The first kappa shape index (κ1) is 22.4. The standard InChI is InChI=1S/C22H33N7O3/c1-3-10-29-19(23)18(21(31)26(2)22(29)32)16(30)14-27-11-7-8-15(13-27)20-25-24-17-9-5-4-6-12-28(17)20/h15H,3-14,23H2,1-2H3/t15-/m0/s1. The number of ketones is 1. The summed E-state index contributed by atoms with van der Waals surface area (Å²) in [5.41, 5.74) is 4.93. The number of likely N-dealkylation sites (tertiary alicyclic amines) is 1. The van der Waals surface area contributed by atoms with Gasteiger partial charge < -0.3 is 10.3 Å². The zero-order valence-electron chi connectivity index (χ0n) is 19.0. The lowest BCUT2D eigenvalue weighted by Gasteiger charge is -2.32. The Morgan fingerprint density at radius 2 is 1.94 bits per heavy atom. The second kappa shape index (κ2) is 9.40. The van der Waals surface area contributed by atoms with Crippen molar-refractivity contribution < 1.29 is 4.79 Å². The summed E-state index contributed by atoms with van der Waals surface area (Å²) in [4.78, 5) is 40.3. The summed E-state index contributed by atoms with van der Waals surface area (Å²) in [5.74, 6) is 1.94. The molecule has 32 heavy (non-hydrogen) atoms. The van der Waals surface area contributed by atoms with Gasteiger partial charge >= 0.3 is 5.69 Å². The first-order valence-corrected chi connectivity index (χ1v) is 11.7. The quantitative estimate of drug-likeness (QED) is 0.659. The molecule has 0 saturated carbocycles. The van der Waals surface area contributed by atoms with Crippen LogP contribution in [0, 0.1) is 0 Å². The van der Waals surface area contributed by atoms with Gasteiger partial charge in [-0.15, -0.1) is 10.2 Å². The molecule has 4 rings (SSSR count). The number of aryl methyl sites for hydroxylation is 1. The number of hydrogen-bond acceptors (Lipinski definition) is 7. The normalized spacial score (nSPS) is 19.5. The molecule has 0 aromatic carbocycles. The minimum absolute atomic E-state index is 0.0266. The van der Waals surface area contributed by atoms with E-state index in [-0.39, 0.29) is 29.6 Å². The molecule has 0 amide bonds. The Balaban J connectivity index is 1.54. The van der Waals surface area contributed by atoms with Crippen molar-refractivity contribution in [2.75, 3.05) is 25.4 Å². The highest BCUT2D eigenvalue weighted by atomic mass is 16.2. The van der Waals surface area contributed by atoms with Crippen molar-refractivity contribution >= 4 is 11.6 Å². The summed E-state index contributed by atoms with van der Waals surface area (Å²) in [7, 11) is 1.39. The molecule has 4 heterocycles. The number of piperidine rings is 1. The Morgan fingerprint density at radius 3 is 2.72 bits per heavy atom. The van der Waals surface area contributed by atoms with Crippen LogP contribution in [0.2, 0.25) is 0 Å². The molecule has 1 fully saturated rings. The Hall–Kier alpha value is -2.75. The van der Waals surface area contributed by atoms with Crippen LogP contribution in [0.15, 0.2) is 9.59 Å². The topological polar surface area (TPSA) is 121 Å². The van der Waals surface area contributed by atoms with Crippen LogP contribution in [-0.4, -0.2) is 54.2 Å². The molecular weight excluding hydrogens is 410 g/mol. The van der Waals surface area contributed by atoms with Crippen LogP contribution in [0.25, 0.3) is 0 Å². The van der Waals surface area contributed by atoms with Crippen molar-refractivity contribution in [1.29, 1.82) is 0 Å². The largest absolute Gasteiger partial charge is 0.384 e. The van der Waals surface area contributed by atoms with Crippen LogP contribution in [0.1, 0.15) is 73.4 Å². The first-order valence-electron chi connectivity index (χ1n) is 11.7. The van der Waals surface area contributed by atoms with E-state index in [1.807, 2.05) is 6.92 Å². The Bertz CT molecular complexity index is 1110. The number of nitrogens with zero attached hydrogens (tertiary/aromatic N) is 6. The third-order valence-electron chi connectivity index (χ3n) is 6.69. The van der Waals surface area contributed by atoms with E-state index in [1.165, 1.54) is 18.0 Å². The van der Waals surface area contributed by atoms with Gasteiger partial charge in [-0.3, -0.25) is 23.6 Å². The molecule has 10 nitrogen and oxygen atoms in total. The highest BCUT2D eigenvalue weighted by Crippen LogP contribution is 2.28. The summed E-state index contributed by atoms with van der Waals surface area (Å²) in [5, 5.41) is 8.93. The molecule has 0 unspecified atom stereocenters. The third kappa shape index (κ3) is 4.15. The monoisotopic (exact) mass is 443 g/mol. The molecule has 2 N–H and O–H groups in total. The predicted octanol–water partition coefficient (Wildman–Crippen LogP) is 0.919. The van der Waals surface area contributed by atoms with Crippen LogP contribution in [0.5, 0.6) is 0 Å². The van der Waals surface area contributed by atoms with E-state index in [4.69, 9.17) is 5.73 Å². The predicted molar refractivity (Wildman–Crippen MR) is 121 cm³/mol. The number of anilines is 1. The van der Waals surface area contributed by atoms with Crippen molar-refractivity contribution in [1.82, 2.24) is 28.8 Å². The zero-order valence-corrected chi connectivity index (χ0v) is 19.0. The molecule has 0 radical (unpaired) electrons. The van der Waals surface area contributed by atoms with Gasteiger partial charge in [-0.1, -0.05) is 13.3 Å². The number of fused-ring (bicyclic) bond motifs is 1. The molecule has 2 aliphatic heterocycles. The van der Waals surface area contributed by atoms with E-state index in [1.54, 1.807) is 0 Å². The SMILES string of the molecule is CCCn1c(N)c(C(=O)CN2CCC[C@H](c3nnc4n3CCCCC4)C2)c(=O)n(C)c1=O. The van der Waals surface area contributed by atoms with Crippen molar-refractivity contribution in [3.63, 3.8) is 0 Å². The number of carbonyl (C=O) groups excluding carboxylic acids is 1. The molecule has 10 heteroatoms. The Labute approximate surface area is 187 Å². The number of rotatable bonds is 6. The Morgan fingerprint density at radius 1 is 1.12 bits per heavy atom. The minimum Gasteiger partial charge on any atom is -0.384 e. The van der Waals surface area contributed by atoms with E-state index in [0.29, 0.717) is 19.5 Å². The van der Waals surface area contributed by atoms with Crippen LogP contribution >= 0.6 is 0 Å². The van der Waals surface area contributed by atoms with Gasteiger partial charge in [0.05, 0.1) is 6.54 Å². The van der Waals surface area contributed by atoms with Gasteiger partial charge in [-0.25, -0.2) is 4.79 Å². The van der Waals surface area contributed by atoms with Crippen LogP contribution in [0.3, 0.4) is 0 Å². The number of nitrogen functional groups attached to an aromatic ring is 1. The van der Waals surface area contributed by atoms with E-state index >= 15 is 0 Å². The van der Waals surface area contributed by atoms with E-state index in [0.717, 1.165) is 61.4 Å². The maximum atomic E-state index is 13.2. The second-order valence-electron chi connectivity index (χ2n) is 8.99. The van der Waals surface area contributed by atoms with Gasteiger partial charge in [0.1, 0.15) is 23.0 Å². The van der Waals surface area contributed by atoms with E-state index < -0.39 is 11.2 Å². The number of aromatic nitrogens is 5. The molecule has 2 aromatic heterocycles. The summed E-state index contributed by atoms with van der Waals surface area (Å²) in [6, 6.07) is 0. The fourth-order valence-corrected chi connectivity index (χ4v) is 4.99. The summed E-state index contributed by atoms with van der Waals surface area (Å²) >= 11 is 0. The van der Waals surface area contributed by atoms with Crippen molar-refractivity contribution in [2.24, 2.45) is 7.05 Å². The van der Waals surface area contributed by atoms with Gasteiger partial charge in [-0.05, 0) is 38.6 Å². The van der Waals surface area contributed by atoms with Gasteiger partial charge in [0.25, 0.3) is 5.56 Å². The van der Waals surface area contributed by atoms with Crippen molar-refractivity contribution in [2.45, 2.75) is 70.9 Å². The van der Waals surface area contributed by atoms with Crippen molar-refractivity contribution in [3.05, 3.63) is 38.1 Å². The third-order valence-corrected chi connectivity index (χ3v) is 6.69. The molecule has 174 valence electrons. The maximum Gasteiger partial charge on any atom is 0.332 e. The Kier molecular flexibility index (Phi) is 6.59. The lowest BCUT2D eigenvalue weighted by Crippen LogP contribution is -2.45. The average molecular weight is 444 g/mol. The fraction of sp³-hybridized carbons (Fsp3) is 0.682. The lowest BCUT2D eigenvalue weighted by molar-refractivity contribution is 0.0902. The van der Waals surface area contributed by atoms with E-state index in [2.05, 4.69) is 19.7 Å². The highest BCUT2D eigenvalue weighted by Gasteiger charge is 2.30. The molecule has 2 aliphatic rings. The van der Waals surface area contributed by atoms with Gasteiger partial charge in [0.15, 0.2) is 5.78 Å². The molecule has 1 saturated heterocycles. The molecule has 1 atom stereocenters. The molecular formula is C22H33N7O3. The molecule has 0 bridgehead atoms. The van der Waals surface area contributed by atoms with Crippen LogP contribution in [0.4, 0.5) is 5.82 Å². The number of carbonyl (C=O) groups is 1. The zero-order chi connectivity index (χ0) is 22.8. The summed E-state index contributed by atoms with van der Waals surface area (Å²) < 4.78 is 4.57.